The number of nitrogens with zero attached hydrogens (tertiary/aromatic N) is 2. The predicted molar refractivity (Wildman–Crippen MR) is 235 cm³/mol. The van der Waals surface area contributed by atoms with Gasteiger partial charge in [-0.15, -0.1) is 0 Å². The molecule has 8 rings (SSSR count). The number of halogens is 10. The summed E-state index contributed by atoms with van der Waals surface area (Å²) in [5, 5.41) is 43.6. The summed E-state index contributed by atoms with van der Waals surface area (Å²) in [6.07, 6.45) is -10.9. The number of hydrogen-bond acceptors (Lipinski definition) is 8. The van der Waals surface area contributed by atoms with Crippen molar-refractivity contribution in [2.75, 3.05) is 0 Å². The average molecular weight is 982 g/mol. The third-order valence-corrected chi connectivity index (χ3v) is 11.1. The van der Waals surface area contributed by atoms with Crippen LogP contribution in [0.3, 0.4) is 0 Å². The fourth-order valence-electron chi connectivity index (χ4n) is 7.45. The molecule has 0 fully saturated rings. The molecule has 4 N–H and O–H groups in total. The molecule has 65 heavy (non-hydrogen) atoms. The summed E-state index contributed by atoms with van der Waals surface area (Å²) in [5.74, 6) is -2.26. The smallest absolute Gasteiger partial charge is 0.448 e. The Morgan fingerprint density at radius 1 is 0.600 bits per heavy atom. The zero-order valence-corrected chi connectivity index (χ0v) is 36.4. The van der Waals surface area contributed by atoms with Gasteiger partial charge in [-0.3, -0.25) is 0 Å². The highest BCUT2D eigenvalue weighted by Gasteiger charge is 2.63. The van der Waals surface area contributed by atoms with Crippen LogP contribution in [-0.2, 0) is 20.9 Å². The number of oxime groups is 2. The van der Waals surface area contributed by atoms with Gasteiger partial charge in [-0.05, 0) is 89.4 Å². The van der Waals surface area contributed by atoms with E-state index in [4.69, 9.17) is 66.1 Å². The molecule has 0 radical (unpaired) electrons. The van der Waals surface area contributed by atoms with Gasteiger partial charge in [0.15, 0.2) is 0 Å². The molecule has 2 aliphatic rings. The molecule has 0 aromatic heterocycles. The van der Waals surface area contributed by atoms with Crippen molar-refractivity contribution in [2.24, 2.45) is 10.3 Å². The lowest BCUT2D eigenvalue weighted by atomic mass is 9.84. The van der Waals surface area contributed by atoms with Crippen LogP contribution in [0.1, 0.15) is 61.4 Å². The molecule has 338 valence electrons. The van der Waals surface area contributed by atoms with Gasteiger partial charge >= 0.3 is 31.4 Å². The van der Waals surface area contributed by atoms with Crippen LogP contribution in [0, 0.1) is 6.92 Å². The Morgan fingerprint density at radius 3 is 1.38 bits per heavy atom. The van der Waals surface area contributed by atoms with E-state index in [0.717, 1.165) is 24.3 Å². The third kappa shape index (κ3) is 9.86. The maximum absolute atomic E-state index is 14.3. The average Bonchev–Trinajstić information content (AvgIpc) is 3.87. The number of hydrogen-bond donors (Lipinski definition) is 4. The molecule has 21 heteroatoms. The van der Waals surface area contributed by atoms with Crippen LogP contribution in [0.25, 0.3) is 21.5 Å². The predicted octanol–water partition coefficient (Wildman–Crippen LogP) is 12.3. The van der Waals surface area contributed by atoms with Crippen LogP contribution >= 0.6 is 46.4 Å². The van der Waals surface area contributed by atoms with Crippen molar-refractivity contribution in [3.05, 3.63) is 162 Å². The molecule has 0 bridgehead atoms. The maximum Gasteiger partial charge on any atom is 0.448 e. The molecule has 6 aromatic carbocycles. The van der Waals surface area contributed by atoms with Gasteiger partial charge in [0.05, 0.1) is 22.6 Å². The van der Waals surface area contributed by atoms with E-state index in [1.807, 2.05) is 0 Å². The van der Waals surface area contributed by atoms with Crippen LogP contribution < -0.4 is 0 Å². The molecular weight excluding hydrogens is 951 g/mol. The number of benzene rings is 6. The van der Waals surface area contributed by atoms with E-state index in [0.29, 0.717) is 38.2 Å². The molecule has 2 heterocycles. The van der Waals surface area contributed by atoms with Crippen molar-refractivity contribution < 1.29 is 65.9 Å². The van der Waals surface area contributed by atoms with E-state index in [9.17, 15) is 46.1 Å². The van der Waals surface area contributed by atoms with Gasteiger partial charge in [0.25, 0.3) is 11.2 Å². The summed E-state index contributed by atoms with van der Waals surface area (Å²) in [4.78, 5) is 33.3. The van der Waals surface area contributed by atoms with Crippen LogP contribution in [0.2, 0.25) is 26.9 Å². The lowest BCUT2D eigenvalue weighted by Crippen LogP contribution is -2.42. The number of fused-ring (bicyclic) bond motifs is 2. The molecule has 2 atom stereocenters. The van der Waals surface area contributed by atoms with E-state index in [1.165, 1.54) is 37.2 Å². The van der Waals surface area contributed by atoms with Crippen molar-refractivity contribution in [1.82, 2.24) is 0 Å². The van der Waals surface area contributed by atoms with Crippen LogP contribution in [-0.4, -0.2) is 63.1 Å². The lowest BCUT2D eigenvalue weighted by molar-refractivity contribution is -0.276. The maximum atomic E-state index is 14.3. The van der Waals surface area contributed by atoms with Crippen molar-refractivity contribution >= 4 is 98.4 Å². The van der Waals surface area contributed by atoms with Crippen LogP contribution in [0.4, 0.5) is 26.3 Å². The van der Waals surface area contributed by atoms with E-state index in [2.05, 4.69) is 10.3 Å². The quantitative estimate of drug-likeness (QED) is 0.0948. The zero-order valence-electron chi connectivity index (χ0n) is 33.4. The molecule has 0 aliphatic carbocycles. The molecule has 0 amide bonds. The molecule has 0 spiro atoms. The van der Waals surface area contributed by atoms with Gasteiger partial charge in [-0.25, -0.2) is 9.59 Å². The van der Waals surface area contributed by atoms with Gasteiger partial charge < -0.3 is 29.9 Å². The van der Waals surface area contributed by atoms with Gasteiger partial charge in [0, 0.05) is 55.2 Å². The van der Waals surface area contributed by atoms with E-state index in [-0.39, 0.29) is 53.8 Å². The first kappa shape index (κ1) is 48.9. The van der Waals surface area contributed by atoms with Gasteiger partial charge in [-0.1, -0.05) is 111 Å². The van der Waals surface area contributed by atoms with Crippen molar-refractivity contribution in [3.63, 3.8) is 0 Å². The normalized spacial score (nSPS) is 18.1. The molecule has 2 unspecified atom stereocenters. The molecule has 2 aliphatic heterocycles. The van der Waals surface area contributed by atoms with Gasteiger partial charge in [0.1, 0.15) is 0 Å². The largest absolute Gasteiger partial charge is 0.478 e. The Kier molecular flexibility index (Phi) is 14.1. The van der Waals surface area contributed by atoms with Crippen molar-refractivity contribution in [3.8, 4) is 0 Å². The minimum absolute atomic E-state index is 0.0365. The number of aryl methyl sites for hydroxylation is 1. The number of alkyl halides is 6. The highest BCUT2D eigenvalue weighted by Crippen LogP contribution is 2.52. The third-order valence-electron chi connectivity index (χ3n) is 10.3. The fourth-order valence-corrected chi connectivity index (χ4v) is 8.50. The topological polar surface area (TPSA) is 158 Å². The van der Waals surface area contributed by atoms with Crippen molar-refractivity contribution in [2.45, 2.75) is 50.1 Å². The van der Waals surface area contributed by atoms with Crippen molar-refractivity contribution in [1.29, 1.82) is 0 Å². The summed E-state index contributed by atoms with van der Waals surface area (Å²) in [6, 6.07) is 24.7. The molecule has 10 nitrogen and oxygen atoms in total. The molecule has 0 saturated carbocycles. The standard InChI is InChI=1S/C22H14Cl2F3NO3.C21H12Cl2F3NO3.CH5BO2/c1-11-6-17(15-4-2-3-5-16(15)19(11)20(29)30)18-10-21(31-28-18,22(25,26)27)12-7-13(23)9-14(24)8-12;22-12-7-11(8-13(23)9-12)20(21(24,25)26)10-18(27-30-20)16-5-6-17(19(28)29)15-4-2-1-3-14(15)16;1-2(3)4/h2-9H,10H2,1H3,(H,29,30);1-9H,10H2,(H,28,29);3-4H,1H3. The zero-order chi connectivity index (χ0) is 47.8. The minimum atomic E-state index is -4.82. The first-order valence-electron chi connectivity index (χ1n) is 18.8. The summed E-state index contributed by atoms with van der Waals surface area (Å²) >= 11 is 23.7. The highest BCUT2D eigenvalue weighted by molar-refractivity contribution is 6.39. The summed E-state index contributed by atoms with van der Waals surface area (Å²) in [6.45, 7) is 2.86. The van der Waals surface area contributed by atoms with Crippen LogP contribution in [0.5, 0.6) is 0 Å². The second kappa shape index (κ2) is 18.7. The second-order valence-corrected chi connectivity index (χ2v) is 16.4. The summed E-state index contributed by atoms with van der Waals surface area (Å²) in [7, 11) is -1.17. The Balaban J connectivity index is 0.000000199. The number of aromatic carboxylic acids is 2. The van der Waals surface area contributed by atoms with E-state index in [1.54, 1.807) is 55.5 Å². The molecular formula is C44H31BCl4F6N2O8. The van der Waals surface area contributed by atoms with Gasteiger partial charge in [-0.2, -0.15) is 26.3 Å². The summed E-state index contributed by atoms with van der Waals surface area (Å²) in [5.41, 5.74) is -4.72. The summed E-state index contributed by atoms with van der Waals surface area (Å²) < 4.78 is 85.3. The molecule has 0 saturated heterocycles. The molecule has 6 aromatic rings. The monoisotopic (exact) mass is 980 g/mol. The minimum Gasteiger partial charge on any atom is -0.478 e. The highest BCUT2D eigenvalue weighted by atomic mass is 35.5. The SMILES string of the molecule is CB(O)O.Cc1cc(C2=NOC(c3cc(Cl)cc(Cl)c3)(C(F)(F)F)C2)c2ccccc2c1C(=O)O.O=C(O)c1ccc(C2=NOC(c3cc(Cl)cc(Cl)c3)(C(F)(F)F)C2)c2ccccc12. The van der Waals surface area contributed by atoms with E-state index < -0.39 is 55.5 Å². The first-order chi connectivity index (χ1) is 30.4. The number of carbonyl (C=O) groups is 2. The Bertz CT molecular complexity index is 2870. The number of carboxylic acids is 2. The second-order valence-electron chi connectivity index (χ2n) is 14.7. The Labute approximate surface area is 385 Å². The lowest BCUT2D eigenvalue weighted by Gasteiger charge is -2.29. The fraction of sp³-hybridized carbons (Fsp3) is 0.182. The first-order valence-corrected chi connectivity index (χ1v) is 20.3. The Hall–Kier alpha value is -5.56. The number of rotatable bonds is 6. The van der Waals surface area contributed by atoms with Gasteiger partial charge in [0.2, 0.25) is 0 Å². The van der Waals surface area contributed by atoms with E-state index >= 15 is 0 Å². The number of carboxylic acid groups (broad SMARTS) is 2. The Morgan fingerprint density at radius 2 is 0.985 bits per heavy atom. The van der Waals surface area contributed by atoms with Crippen LogP contribution in [0.15, 0.2) is 113 Å².